The second kappa shape index (κ2) is 6.84. The van der Waals surface area contributed by atoms with E-state index in [1.807, 2.05) is 13.8 Å². The van der Waals surface area contributed by atoms with E-state index >= 15 is 0 Å². The first kappa shape index (κ1) is 15.1. The SMILES string of the molecule is CC(C)CC(N)C(=O)Nc1ccc(CC(=O)O)nc1. The fraction of sp³-hybridized carbons (Fsp3) is 0.462. The van der Waals surface area contributed by atoms with Crippen molar-refractivity contribution in [3.63, 3.8) is 0 Å². The molecule has 1 amide bonds. The Balaban J connectivity index is 2.57. The van der Waals surface area contributed by atoms with E-state index in [0.29, 0.717) is 23.7 Å². The number of carbonyl (C=O) groups excluding carboxylic acids is 1. The second-order valence-corrected chi connectivity index (χ2v) is 4.83. The molecular weight excluding hydrogens is 246 g/mol. The Bertz CT molecular complexity index is 443. The van der Waals surface area contributed by atoms with Crippen LogP contribution in [0.15, 0.2) is 18.3 Å². The third kappa shape index (κ3) is 5.48. The summed E-state index contributed by atoms with van der Waals surface area (Å²) < 4.78 is 0. The van der Waals surface area contributed by atoms with Gasteiger partial charge < -0.3 is 16.2 Å². The highest BCUT2D eigenvalue weighted by Crippen LogP contribution is 2.09. The molecule has 1 atom stereocenters. The minimum atomic E-state index is -0.941. The molecule has 0 aromatic carbocycles. The Morgan fingerprint density at radius 1 is 1.42 bits per heavy atom. The number of nitrogens with two attached hydrogens (primary N) is 1. The number of aromatic nitrogens is 1. The van der Waals surface area contributed by atoms with Crippen LogP contribution in [0.4, 0.5) is 5.69 Å². The van der Waals surface area contributed by atoms with Crippen LogP contribution in [0.1, 0.15) is 26.0 Å². The van der Waals surface area contributed by atoms with Gasteiger partial charge >= 0.3 is 5.97 Å². The molecule has 0 aliphatic rings. The van der Waals surface area contributed by atoms with Crippen molar-refractivity contribution in [3.8, 4) is 0 Å². The number of pyridine rings is 1. The number of carbonyl (C=O) groups is 2. The van der Waals surface area contributed by atoms with Gasteiger partial charge in [0.05, 0.1) is 30.0 Å². The van der Waals surface area contributed by atoms with E-state index in [1.54, 1.807) is 12.1 Å². The number of rotatable bonds is 6. The highest BCUT2D eigenvalue weighted by atomic mass is 16.4. The van der Waals surface area contributed by atoms with E-state index in [-0.39, 0.29) is 12.3 Å². The highest BCUT2D eigenvalue weighted by Gasteiger charge is 2.15. The zero-order chi connectivity index (χ0) is 14.4. The Morgan fingerprint density at radius 3 is 2.58 bits per heavy atom. The van der Waals surface area contributed by atoms with Crippen molar-refractivity contribution in [1.82, 2.24) is 4.98 Å². The number of aliphatic carboxylic acids is 1. The van der Waals surface area contributed by atoms with Crippen molar-refractivity contribution in [2.75, 3.05) is 5.32 Å². The molecule has 1 heterocycles. The monoisotopic (exact) mass is 265 g/mol. The third-order valence-corrected chi connectivity index (χ3v) is 2.49. The number of anilines is 1. The van der Waals surface area contributed by atoms with E-state index < -0.39 is 12.0 Å². The number of nitrogens with one attached hydrogen (secondary N) is 1. The molecule has 0 spiro atoms. The minimum absolute atomic E-state index is 0.138. The topological polar surface area (TPSA) is 105 Å². The van der Waals surface area contributed by atoms with Gasteiger partial charge in [0.15, 0.2) is 0 Å². The minimum Gasteiger partial charge on any atom is -0.481 e. The molecule has 6 nitrogen and oxygen atoms in total. The lowest BCUT2D eigenvalue weighted by atomic mass is 10.0. The average molecular weight is 265 g/mol. The summed E-state index contributed by atoms with van der Waals surface area (Å²) in [6.45, 7) is 3.99. The summed E-state index contributed by atoms with van der Waals surface area (Å²) in [5, 5.41) is 11.3. The van der Waals surface area contributed by atoms with Gasteiger partial charge in [0.25, 0.3) is 0 Å². The van der Waals surface area contributed by atoms with Gasteiger partial charge in [-0.05, 0) is 24.5 Å². The van der Waals surface area contributed by atoms with Crippen LogP contribution >= 0.6 is 0 Å². The second-order valence-electron chi connectivity index (χ2n) is 4.83. The molecular formula is C13H19N3O3. The van der Waals surface area contributed by atoms with E-state index in [9.17, 15) is 9.59 Å². The van der Waals surface area contributed by atoms with Gasteiger partial charge in [-0.15, -0.1) is 0 Å². The Hall–Kier alpha value is -1.95. The van der Waals surface area contributed by atoms with E-state index in [4.69, 9.17) is 10.8 Å². The summed E-state index contributed by atoms with van der Waals surface area (Å²) >= 11 is 0. The third-order valence-electron chi connectivity index (χ3n) is 2.49. The fourth-order valence-corrected chi connectivity index (χ4v) is 1.61. The molecule has 1 unspecified atom stereocenters. The van der Waals surface area contributed by atoms with Crippen molar-refractivity contribution >= 4 is 17.6 Å². The van der Waals surface area contributed by atoms with Crippen LogP contribution < -0.4 is 11.1 Å². The number of nitrogens with zero attached hydrogens (tertiary/aromatic N) is 1. The van der Waals surface area contributed by atoms with Gasteiger partial charge in [-0.1, -0.05) is 13.8 Å². The molecule has 0 saturated heterocycles. The molecule has 1 aromatic heterocycles. The first-order chi connectivity index (χ1) is 8.88. The summed E-state index contributed by atoms with van der Waals surface area (Å²) in [4.78, 5) is 26.2. The zero-order valence-corrected chi connectivity index (χ0v) is 11.1. The van der Waals surface area contributed by atoms with Crippen LogP contribution in [0.3, 0.4) is 0 Å². The molecule has 19 heavy (non-hydrogen) atoms. The van der Waals surface area contributed by atoms with Crippen LogP contribution in [0.5, 0.6) is 0 Å². The largest absolute Gasteiger partial charge is 0.481 e. The van der Waals surface area contributed by atoms with Gasteiger partial charge in [0.1, 0.15) is 0 Å². The molecule has 0 saturated carbocycles. The summed E-state index contributed by atoms with van der Waals surface area (Å²) in [6, 6.07) is 2.63. The van der Waals surface area contributed by atoms with Crippen molar-refractivity contribution in [1.29, 1.82) is 0 Å². The Morgan fingerprint density at radius 2 is 2.11 bits per heavy atom. The number of carboxylic acid groups (broad SMARTS) is 1. The molecule has 104 valence electrons. The lowest BCUT2D eigenvalue weighted by Gasteiger charge is -2.14. The van der Waals surface area contributed by atoms with E-state index in [0.717, 1.165) is 0 Å². The maximum Gasteiger partial charge on any atom is 0.309 e. The molecule has 0 radical (unpaired) electrons. The van der Waals surface area contributed by atoms with E-state index in [2.05, 4.69) is 10.3 Å². The lowest BCUT2D eigenvalue weighted by Crippen LogP contribution is -2.36. The van der Waals surface area contributed by atoms with E-state index in [1.165, 1.54) is 6.20 Å². The molecule has 0 bridgehead atoms. The van der Waals surface area contributed by atoms with Gasteiger partial charge in [-0.3, -0.25) is 14.6 Å². The molecule has 0 fully saturated rings. The van der Waals surface area contributed by atoms with Crippen LogP contribution in [0.25, 0.3) is 0 Å². The van der Waals surface area contributed by atoms with Gasteiger partial charge in [0.2, 0.25) is 5.91 Å². The van der Waals surface area contributed by atoms with Crippen LogP contribution in [-0.4, -0.2) is 28.0 Å². The number of hydrogen-bond donors (Lipinski definition) is 3. The first-order valence-electron chi connectivity index (χ1n) is 6.11. The van der Waals surface area contributed by atoms with Crippen molar-refractivity contribution in [2.45, 2.75) is 32.7 Å². The maximum atomic E-state index is 11.8. The number of hydrogen-bond acceptors (Lipinski definition) is 4. The smallest absolute Gasteiger partial charge is 0.309 e. The molecule has 4 N–H and O–H groups in total. The number of amides is 1. The molecule has 0 aliphatic carbocycles. The van der Waals surface area contributed by atoms with Gasteiger partial charge in [-0.25, -0.2) is 0 Å². The summed E-state index contributed by atoms with van der Waals surface area (Å²) in [6.07, 6.45) is 1.90. The fourth-order valence-electron chi connectivity index (χ4n) is 1.61. The van der Waals surface area contributed by atoms with Crippen molar-refractivity contribution < 1.29 is 14.7 Å². The van der Waals surface area contributed by atoms with Crippen LogP contribution in [0.2, 0.25) is 0 Å². The normalized spacial score (nSPS) is 12.2. The molecule has 6 heteroatoms. The van der Waals surface area contributed by atoms with Crippen molar-refractivity contribution in [2.24, 2.45) is 11.7 Å². The van der Waals surface area contributed by atoms with Crippen LogP contribution in [0, 0.1) is 5.92 Å². The Labute approximate surface area is 112 Å². The predicted octanol–water partition coefficient (Wildman–Crippen LogP) is 1.02. The maximum absolute atomic E-state index is 11.8. The number of carboxylic acids is 1. The summed E-state index contributed by atoms with van der Waals surface area (Å²) in [5.74, 6) is -0.860. The molecule has 1 rings (SSSR count). The van der Waals surface area contributed by atoms with Gasteiger partial charge in [-0.2, -0.15) is 0 Å². The van der Waals surface area contributed by atoms with Gasteiger partial charge in [0, 0.05) is 0 Å². The highest BCUT2D eigenvalue weighted by molar-refractivity contribution is 5.94. The predicted molar refractivity (Wildman–Crippen MR) is 71.6 cm³/mol. The molecule has 0 aliphatic heterocycles. The lowest BCUT2D eigenvalue weighted by molar-refractivity contribution is -0.136. The Kier molecular flexibility index (Phi) is 5.44. The summed E-state index contributed by atoms with van der Waals surface area (Å²) in [7, 11) is 0. The zero-order valence-electron chi connectivity index (χ0n) is 11.1. The first-order valence-corrected chi connectivity index (χ1v) is 6.11. The standard InChI is InChI=1S/C13H19N3O3/c1-8(2)5-11(14)13(19)16-10-4-3-9(15-7-10)6-12(17)18/h3-4,7-8,11H,5-6,14H2,1-2H3,(H,16,19)(H,17,18). The quantitative estimate of drug-likeness (QED) is 0.712. The van der Waals surface area contributed by atoms with Crippen molar-refractivity contribution in [3.05, 3.63) is 24.0 Å². The van der Waals surface area contributed by atoms with Crippen LogP contribution in [-0.2, 0) is 16.0 Å². The average Bonchev–Trinajstić information content (AvgIpc) is 2.30. The summed E-state index contributed by atoms with van der Waals surface area (Å²) in [5.41, 5.74) is 6.71. The molecule has 1 aromatic rings.